The Balaban J connectivity index is 1.84. The number of halogens is 1. The topological polar surface area (TPSA) is 66.6 Å². The zero-order chi connectivity index (χ0) is 14.3. The number of fused-ring (bicyclic) bond motifs is 1. The molecule has 0 saturated carbocycles. The van der Waals surface area contributed by atoms with Crippen molar-refractivity contribution in [1.29, 1.82) is 0 Å². The first-order valence-corrected chi connectivity index (χ1v) is 6.69. The average Bonchev–Trinajstić information content (AvgIpc) is 2.89. The number of piperazine rings is 1. The molecule has 0 aromatic heterocycles. The maximum absolute atomic E-state index is 13.8. The smallest absolute Gasteiger partial charge is 0.246 e. The number of anilines is 1. The number of hydrogen-bond donors (Lipinski definition) is 1. The predicted octanol–water partition coefficient (Wildman–Crippen LogP) is 0.741. The lowest BCUT2D eigenvalue weighted by Gasteiger charge is -2.36. The van der Waals surface area contributed by atoms with Crippen LogP contribution in [0, 0.1) is 5.82 Å². The highest BCUT2D eigenvalue weighted by Gasteiger charge is 2.41. The number of nitrogen functional groups attached to an aromatic ring is 1. The van der Waals surface area contributed by atoms with Gasteiger partial charge >= 0.3 is 0 Å². The molecule has 0 bridgehead atoms. The van der Waals surface area contributed by atoms with E-state index in [1.807, 2.05) is 0 Å². The van der Waals surface area contributed by atoms with E-state index in [4.69, 9.17) is 5.73 Å². The highest BCUT2D eigenvalue weighted by molar-refractivity contribution is 5.95. The molecule has 2 saturated heterocycles. The van der Waals surface area contributed by atoms with Crippen LogP contribution in [0.1, 0.15) is 18.4 Å². The standard InChI is InChI=1S/C14H16FN3O2/c15-10-3-1-4-11(16)9(10)7-17-8-13(19)18-6-2-5-12(18)14(17)20/h1,3-4,12H,2,5-8,16H2. The fourth-order valence-electron chi connectivity index (χ4n) is 2.93. The summed E-state index contributed by atoms with van der Waals surface area (Å²) >= 11 is 0. The highest BCUT2D eigenvalue weighted by atomic mass is 19.1. The molecule has 0 aliphatic carbocycles. The van der Waals surface area contributed by atoms with E-state index in [0.717, 1.165) is 6.42 Å². The van der Waals surface area contributed by atoms with Crippen LogP contribution in [-0.2, 0) is 16.1 Å². The molecule has 6 heteroatoms. The molecule has 20 heavy (non-hydrogen) atoms. The van der Waals surface area contributed by atoms with Gasteiger partial charge in [-0.05, 0) is 25.0 Å². The van der Waals surface area contributed by atoms with Gasteiger partial charge in [-0.3, -0.25) is 9.59 Å². The summed E-state index contributed by atoms with van der Waals surface area (Å²) in [6.45, 7) is 0.696. The van der Waals surface area contributed by atoms with Gasteiger partial charge in [0.05, 0.1) is 6.54 Å². The van der Waals surface area contributed by atoms with Gasteiger partial charge in [0.2, 0.25) is 11.8 Å². The molecule has 2 amide bonds. The van der Waals surface area contributed by atoms with Gasteiger partial charge < -0.3 is 15.5 Å². The summed E-state index contributed by atoms with van der Waals surface area (Å²) in [6.07, 6.45) is 1.53. The molecular formula is C14H16FN3O2. The van der Waals surface area contributed by atoms with Crippen molar-refractivity contribution in [1.82, 2.24) is 9.80 Å². The van der Waals surface area contributed by atoms with E-state index in [0.29, 0.717) is 18.7 Å². The van der Waals surface area contributed by atoms with E-state index in [1.165, 1.54) is 17.0 Å². The lowest BCUT2D eigenvalue weighted by atomic mass is 10.1. The molecule has 2 N–H and O–H groups in total. The van der Waals surface area contributed by atoms with Gasteiger partial charge in [-0.25, -0.2) is 4.39 Å². The van der Waals surface area contributed by atoms with E-state index < -0.39 is 5.82 Å². The third kappa shape index (κ3) is 2.01. The summed E-state index contributed by atoms with van der Waals surface area (Å²) in [5.41, 5.74) is 6.33. The lowest BCUT2D eigenvalue weighted by Crippen LogP contribution is -2.57. The Morgan fingerprint density at radius 2 is 2.15 bits per heavy atom. The molecule has 1 atom stereocenters. The van der Waals surface area contributed by atoms with Gasteiger partial charge in [-0.15, -0.1) is 0 Å². The largest absolute Gasteiger partial charge is 0.398 e. The van der Waals surface area contributed by atoms with Crippen molar-refractivity contribution in [3.63, 3.8) is 0 Å². The van der Waals surface area contributed by atoms with Crippen molar-refractivity contribution < 1.29 is 14.0 Å². The molecular weight excluding hydrogens is 261 g/mol. The van der Waals surface area contributed by atoms with Crippen molar-refractivity contribution in [2.75, 3.05) is 18.8 Å². The summed E-state index contributed by atoms with van der Waals surface area (Å²) in [4.78, 5) is 27.4. The molecule has 0 spiro atoms. The predicted molar refractivity (Wildman–Crippen MR) is 71.0 cm³/mol. The Morgan fingerprint density at radius 1 is 1.35 bits per heavy atom. The Bertz CT molecular complexity index is 555. The fourth-order valence-corrected chi connectivity index (χ4v) is 2.93. The summed E-state index contributed by atoms with van der Waals surface area (Å²) < 4.78 is 13.8. The molecule has 2 fully saturated rings. The molecule has 1 aromatic carbocycles. The van der Waals surface area contributed by atoms with Crippen LogP contribution in [0.2, 0.25) is 0 Å². The molecule has 1 aromatic rings. The van der Waals surface area contributed by atoms with Crippen LogP contribution in [0.4, 0.5) is 10.1 Å². The molecule has 0 radical (unpaired) electrons. The summed E-state index contributed by atoms with van der Waals surface area (Å²) in [5.74, 6) is -0.620. The van der Waals surface area contributed by atoms with Crippen molar-refractivity contribution >= 4 is 17.5 Å². The molecule has 2 heterocycles. The monoisotopic (exact) mass is 277 g/mol. The fraction of sp³-hybridized carbons (Fsp3) is 0.429. The maximum atomic E-state index is 13.8. The van der Waals surface area contributed by atoms with Crippen LogP contribution < -0.4 is 5.73 Å². The number of carbonyl (C=O) groups is 2. The van der Waals surface area contributed by atoms with Crippen molar-refractivity contribution in [2.24, 2.45) is 0 Å². The third-order valence-electron chi connectivity index (χ3n) is 4.00. The van der Waals surface area contributed by atoms with E-state index >= 15 is 0 Å². The average molecular weight is 277 g/mol. The zero-order valence-electron chi connectivity index (χ0n) is 11.0. The minimum Gasteiger partial charge on any atom is -0.398 e. The van der Waals surface area contributed by atoms with Crippen molar-refractivity contribution in [3.8, 4) is 0 Å². The van der Waals surface area contributed by atoms with Crippen LogP contribution in [0.5, 0.6) is 0 Å². The van der Waals surface area contributed by atoms with Crippen LogP contribution in [0.3, 0.4) is 0 Å². The zero-order valence-corrected chi connectivity index (χ0v) is 11.0. The van der Waals surface area contributed by atoms with Crippen molar-refractivity contribution in [3.05, 3.63) is 29.6 Å². The lowest BCUT2D eigenvalue weighted by molar-refractivity contribution is -0.154. The summed E-state index contributed by atoms with van der Waals surface area (Å²) in [6, 6.07) is 4.06. The quantitative estimate of drug-likeness (QED) is 0.811. The van der Waals surface area contributed by atoms with Crippen LogP contribution in [-0.4, -0.2) is 40.7 Å². The van der Waals surface area contributed by atoms with E-state index in [-0.39, 0.29) is 36.5 Å². The van der Waals surface area contributed by atoms with Crippen LogP contribution >= 0.6 is 0 Å². The van der Waals surface area contributed by atoms with Gasteiger partial charge in [-0.2, -0.15) is 0 Å². The molecule has 106 valence electrons. The second-order valence-corrected chi connectivity index (χ2v) is 5.25. The summed E-state index contributed by atoms with van der Waals surface area (Å²) in [7, 11) is 0. The minimum atomic E-state index is -0.445. The Kier molecular flexibility index (Phi) is 3.08. The number of nitrogens with zero attached hydrogens (tertiary/aromatic N) is 2. The van der Waals surface area contributed by atoms with Gasteiger partial charge in [-0.1, -0.05) is 6.07 Å². The molecule has 5 nitrogen and oxygen atoms in total. The number of carbonyl (C=O) groups excluding carboxylic acids is 2. The number of hydrogen-bond acceptors (Lipinski definition) is 3. The Hall–Kier alpha value is -2.11. The van der Waals surface area contributed by atoms with Gasteiger partial charge in [0.1, 0.15) is 18.4 Å². The second-order valence-electron chi connectivity index (χ2n) is 5.25. The van der Waals surface area contributed by atoms with Crippen LogP contribution in [0.25, 0.3) is 0 Å². The first kappa shape index (κ1) is 12.9. The first-order chi connectivity index (χ1) is 9.58. The highest BCUT2D eigenvalue weighted by Crippen LogP contribution is 2.26. The van der Waals surface area contributed by atoms with Gasteiger partial charge in [0.15, 0.2) is 0 Å². The molecule has 1 unspecified atom stereocenters. The number of benzene rings is 1. The summed E-state index contributed by atoms with van der Waals surface area (Å²) in [5, 5.41) is 0. The molecule has 3 rings (SSSR count). The maximum Gasteiger partial charge on any atom is 0.246 e. The Morgan fingerprint density at radius 3 is 2.90 bits per heavy atom. The molecule has 2 aliphatic rings. The number of nitrogens with two attached hydrogens (primary N) is 1. The van der Waals surface area contributed by atoms with Gasteiger partial charge in [0.25, 0.3) is 0 Å². The normalized spacial score (nSPS) is 22.4. The Labute approximate surface area is 116 Å². The number of rotatable bonds is 2. The SMILES string of the molecule is Nc1cccc(F)c1CN1CC(=O)N2CCCC2C1=O. The van der Waals surface area contributed by atoms with E-state index in [1.54, 1.807) is 11.0 Å². The third-order valence-corrected chi connectivity index (χ3v) is 4.00. The molecule has 2 aliphatic heterocycles. The minimum absolute atomic E-state index is 0.00308. The second kappa shape index (κ2) is 4.77. The van der Waals surface area contributed by atoms with Crippen LogP contribution in [0.15, 0.2) is 18.2 Å². The number of amides is 2. The van der Waals surface area contributed by atoms with Crippen molar-refractivity contribution in [2.45, 2.75) is 25.4 Å². The van der Waals surface area contributed by atoms with E-state index in [9.17, 15) is 14.0 Å². The first-order valence-electron chi connectivity index (χ1n) is 6.69. The van der Waals surface area contributed by atoms with E-state index in [2.05, 4.69) is 0 Å². The van der Waals surface area contributed by atoms with Gasteiger partial charge in [0, 0.05) is 17.8 Å².